The summed E-state index contributed by atoms with van der Waals surface area (Å²) >= 11 is 0. The van der Waals surface area contributed by atoms with Gasteiger partial charge in [0, 0.05) is 0 Å². The van der Waals surface area contributed by atoms with Crippen LogP contribution < -0.4 is 11.1 Å². The number of primary amides is 1. The molecule has 4 heteroatoms. The van der Waals surface area contributed by atoms with E-state index in [0.29, 0.717) is 6.54 Å². The SMILES string of the molecule is CCC(C)[C@H](NCCc1ccc(O)cc1)C(N)=O. The van der Waals surface area contributed by atoms with E-state index in [9.17, 15) is 9.90 Å². The highest BCUT2D eigenvalue weighted by Crippen LogP contribution is 2.10. The molecule has 1 unspecified atom stereocenters. The Balaban J connectivity index is 2.43. The largest absolute Gasteiger partial charge is 0.508 e. The van der Waals surface area contributed by atoms with Crippen molar-refractivity contribution in [3.05, 3.63) is 29.8 Å². The molecule has 1 aromatic rings. The molecule has 0 bridgehead atoms. The minimum atomic E-state index is -0.296. The lowest BCUT2D eigenvalue weighted by Crippen LogP contribution is -2.46. The summed E-state index contributed by atoms with van der Waals surface area (Å²) in [7, 11) is 0. The van der Waals surface area contributed by atoms with Crippen LogP contribution in [0.1, 0.15) is 25.8 Å². The van der Waals surface area contributed by atoms with Crippen molar-refractivity contribution in [1.29, 1.82) is 0 Å². The third-order valence-corrected chi connectivity index (χ3v) is 3.23. The number of carbonyl (C=O) groups is 1. The van der Waals surface area contributed by atoms with Crippen molar-refractivity contribution in [2.24, 2.45) is 11.7 Å². The molecule has 1 rings (SSSR count). The summed E-state index contributed by atoms with van der Waals surface area (Å²) in [6, 6.07) is 6.80. The summed E-state index contributed by atoms with van der Waals surface area (Å²) in [4.78, 5) is 11.3. The van der Waals surface area contributed by atoms with Crippen LogP contribution in [0.3, 0.4) is 0 Å². The van der Waals surface area contributed by atoms with Gasteiger partial charge in [-0.3, -0.25) is 4.79 Å². The molecule has 4 N–H and O–H groups in total. The molecule has 2 atom stereocenters. The predicted molar refractivity (Wildman–Crippen MR) is 72.3 cm³/mol. The van der Waals surface area contributed by atoms with Crippen LogP contribution in [-0.4, -0.2) is 23.6 Å². The summed E-state index contributed by atoms with van der Waals surface area (Å²) in [5.74, 6) is 0.207. The van der Waals surface area contributed by atoms with E-state index in [0.717, 1.165) is 18.4 Å². The predicted octanol–water partition coefficient (Wildman–Crippen LogP) is 1.42. The summed E-state index contributed by atoms with van der Waals surface area (Å²) in [6.45, 7) is 4.76. The number of hydrogen-bond donors (Lipinski definition) is 3. The Morgan fingerprint density at radius 1 is 1.39 bits per heavy atom. The quantitative estimate of drug-likeness (QED) is 0.685. The molecule has 0 aromatic heterocycles. The average molecular weight is 250 g/mol. The fourth-order valence-corrected chi connectivity index (χ4v) is 1.85. The standard InChI is InChI=1S/C14H22N2O2/c1-3-10(2)13(14(15)18)16-9-8-11-4-6-12(17)7-5-11/h4-7,10,13,16-17H,3,8-9H2,1-2H3,(H2,15,18)/t10?,13-/m0/s1. The van der Waals surface area contributed by atoms with E-state index in [2.05, 4.69) is 5.32 Å². The van der Waals surface area contributed by atoms with Gasteiger partial charge in [-0.25, -0.2) is 0 Å². The highest BCUT2D eigenvalue weighted by atomic mass is 16.3. The van der Waals surface area contributed by atoms with Crippen molar-refractivity contribution in [2.75, 3.05) is 6.54 Å². The number of benzene rings is 1. The van der Waals surface area contributed by atoms with E-state index in [-0.39, 0.29) is 23.6 Å². The summed E-state index contributed by atoms with van der Waals surface area (Å²) in [5, 5.41) is 12.4. The van der Waals surface area contributed by atoms with Crippen molar-refractivity contribution in [3.8, 4) is 5.75 Å². The molecule has 1 amide bonds. The van der Waals surface area contributed by atoms with Crippen molar-refractivity contribution in [3.63, 3.8) is 0 Å². The fourth-order valence-electron chi connectivity index (χ4n) is 1.85. The minimum absolute atomic E-state index is 0.238. The third-order valence-electron chi connectivity index (χ3n) is 3.23. The second-order valence-electron chi connectivity index (χ2n) is 4.64. The molecular formula is C14H22N2O2. The first-order chi connectivity index (χ1) is 8.54. The van der Waals surface area contributed by atoms with E-state index in [1.165, 1.54) is 0 Å². The Labute approximate surface area is 108 Å². The van der Waals surface area contributed by atoms with E-state index in [4.69, 9.17) is 5.73 Å². The molecule has 1 aromatic carbocycles. The number of nitrogens with one attached hydrogen (secondary N) is 1. The molecule has 18 heavy (non-hydrogen) atoms. The Morgan fingerprint density at radius 3 is 2.50 bits per heavy atom. The zero-order chi connectivity index (χ0) is 13.5. The Hall–Kier alpha value is -1.55. The van der Waals surface area contributed by atoms with Gasteiger partial charge in [-0.1, -0.05) is 32.4 Å². The second kappa shape index (κ2) is 7.01. The maximum absolute atomic E-state index is 11.3. The summed E-state index contributed by atoms with van der Waals surface area (Å²) < 4.78 is 0. The molecule has 0 heterocycles. The molecule has 0 radical (unpaired) electrons. The normalized spacial score (nSPS) is 14.1. The molecule has 0 spiro atoms. The van der Waals surface area contributed by atoms with Crippen molar-refractivity contribution in [1.82, 2.24) is 5.32 Å². The molecule has 0 fully saturated rings. The van der Waals surface area contributed by atoms with Crippen LogP contribution in [-0.2, 0) is 11.2 Å². The zero-order valence-electron chi connectivity index (χ0n) is 11.0. The number of nitrogens with two attached hydrogens (primary N) is 1. The molecule has 0 saturated heterocycles. The molecule has 0 aliphatic rings. The van der Waals surface area contributed by atoms with Gasteiger partial charge in [0.05, 0.1) is 6.04 Å². The van der Waals surface area contributed by atoms with E-state index < -0.39 is 0 Å². The van der Waals surface area contributed by atoms with Crippen LogP contribution in [0.15, 0.2) is 24.3 Å². The first-order valence-corrected chi connectivity index (χ1v) is 6.35. The highest BCUT2D eigenvalue weighted by Gasteiger charge is 2.20. The Morgan fingerprint density at radius 2 is 2.00 bits per heavy atom. The van der Waals surface area contributed by atoms with Gasteiger partial charge in [0.1, 0.15) is 5.75 Å². The molecule has 0 aliphatic carbocycles. The molecular weight excluding hydrogens is 228 g/mol. The van der Waals surface area contributed by atoms with Gasteiger partial charge in [0.15, 0.2) is 0 Å². The first kappa shape index (κ1) is 14.5. The monoisotopic (exact) mass is 250 g/mol. The molecule has 4 nitrogen and oxygen atoms in total. The van der Waals surface area contributed by atoms with Crippen molar-refractivity contribution >= 4 is 5.91 Å². The maximum Gasteiger partial charge on any atom is 0.234 e. The number of phenols is 1. The smallest absolute Gasteiger partial charge is 0.234 e. The molecule has 0 saturated carbocycles. The van der Waals surface area contributed by atoms with Crippen LogP contribution in [0, 0.1) is 5.92 Å². The van der Waals surface area contributed by atoms with E-state index >= 15 is 0 Å². The molecule has 0 aliphatic heterocycles. The van der Waals surface area contributed by atoms with Crippen LogP contribution in [0.4, 0.5) is 0 Å². The number of rotatable bonds is 7. The van der Waals surface area contributed by atoms with Crippen LogP contribution in [0.2, 0.25) is 0 Å². The fraction of sp³-hybridized carbons (Fsp3) is 0.500. The second-order valence-corrected chi connectivity index (χ2v) is 4.64. The average Bonchev–Trinajstić information content (AvgIpc) is 2.35. The Bertz CT molecular complexity index is 376. The Kier molecular flexibility index (Phi) is 5.65. The number of phenolic OH excluding ortho intramolecular Hbond substituents is 1. The van der Waals surface area contributed by atoms with Crippen LogP contribution in [0.25, 0.3) is 0 Å². The van der Waals surface area contributed by atoms with Gasteiger partial charge in [-0.2, -0.15) is 0 Å². The van der Waals surface area contributed by atoms with Crippen molar-refractivity contribution < 1.29 is 9.90 Å². The van der Waals surface area contributed by atoms with Gasteiger partial charge < -0.3 is 16.2 Å². The van der Waals surface area contributed by atoms with Gasteiger partial charge in [-0.05, 0) is 36.6 Å². The van der Waals surface area contributed by atoms with Crippen LogP contribution in [0.5, 0.6) is 5.75 Å². The topological polar surface area (TPSA) is 75.3 Å². The highest BCUT2D eigenvalue weighted by molar-refractivity contribution is 5.80. The van der Waals surface area contributed by atoms with Crippen LogP contribution >= 0.6 is 0 Å². The van der Waals surface area contributed by atoms with Gasteiger partial charge in [0.25, 0.3) is 0 Å². The van der Waals surface area contributed by atoms with Gasteiger partial charge >= 0.3 is 0 Å². The third kappa shape index (κ3) is 4.37. The molecule has 100 valence electrons. The summed E-state index contributed by atoms with van der Waals surface area (Å²) in [5.41, 5.74) is 6.50. The number of aromatic hydroxyl groups is 1. The van der Waals surface area contributed by atoms with Crippen molar-refractivity contribution in [2.45, 2.75) is 32.7 Å². The zero-order valence-corrected chi connectivity index (χ0v) is 11.0. The number of amides is 1. The van der Waals surface area contributed by atoms with E-state index in [1.54, 1.807) is 12.1 Å². The lowest BCUT2D eigenvalue weighted by atomic mass is 9.98. The van der Waals surface area contributed by atoms with Gasteiger partial charge in [0.2, 0.25) is 5.91 Å². The lowest BCUT2D eigenvalue weighted by Gasteiger charge is -2.21. The number of carbonyl (C=O) groups excluding carboxylic acids is 1. The number of hydrogen-bond acceptors (Lipinski definition) is 3. The lowest BCUT2D eigenvalue weighted by molar-refractivity contribution is -0.121. The van der Waals surface area contributed by atoms with Gasteiger partial charge in [-0.15, -0.1) is 0 Å². The first-order valence-electron chi connectivity index (χ1n) is 6.35. The maximum atomic E-state index is 11.3. The summed E-state index contributed by atoms with van der Waals surface area (Å²) in [6.07, 6.45) is 1.72. The van der Waals surface area contributed by atoms with E-state index in [1.807, 2.05) is 26.0 Å². The minimum Gasteiger partial charge on any atom is -0.508 e.